The molecule has 3 heteroatoms. The summed E-state index contributed by atoms with van der Waals surface area (Å²) in [5.41, 5.74) is 2.45. The first-order chi connectivity index (χ1) is 7.45. The van der Waals surface area contributed by atoms with Gasteiger partial charge in [0.2, 0.25) is 0 Å². The molecule has 2 aromatic rings. The SMILES string of the molecule is c1ccc(-c2ccnn2C2CNC2)cc1. The van der Waals surface area contributed by atoms with E-state index in [1.54, 1.807) is 0 Å². The minimum atomic E-state index is 0.523. The summed E-state index contributed by atoms with van der Waals surface area (Å²) < 4.78 is 2.12. The van der Waals surface area contributed by atoms with E-state index < -0.39 is 0 Å². The third-order valence-electron chi connectivity index (χ3n) is 2.85. The number of benzene rings is 1. The lowest BCUT2D eigenvalue weighted by molar-refractivity contribution is 0.321. The largest absolute Gasteiger partial charge is 0.312 e. The van der Waals surface area contributed by atoms with Crippen LogP contribution in [0.5, 0.6) is 0 Å². The molecule has 3 rings (SSSR count). The smallest absolute Gasteiger partial charge is 0.0774 e. The van der Waals surface area contributed by atoms with E-state index in [1.807, 2.05) is 12.3 Å². The fourth-order valence-corrected chi connectivity index (χ4v) is 1.89. The minimum Gasteiger partial charge on any atom is -0.312 e. The van der Waals surface area contributed by atoms with Gasteiger partial charge in [-0.05, 0) is 11.6 Å². The summed E-state index contributed by atoms with van der Waals surface area (Å²) in [5, 5.41) is 7.66. The molecule has 0 bridgehead atoms. The summed E-state index contributed by atoms with van der Waals surface area (Å²) in [7, 11) is 0. The Morgan fingerprint density at radius 3 is 2.60 bits per heavy atom. The Balaban J connectivity index is 2.01. The van der Waals surface area contributed by atoms with Crippen molar-refractivity contribution in [3.63, 3.8) is 0 Å². The van der Waals surface area contributed by atoms with Crippen molar-refractivity contribution in [2.24, 2.45) is 0 Å². The molecular formula is C12H13N3. The summed E-state index contributed by atoms with van der Waals surface area (Å²) in [4.78, 5) is 0. The van der Waals surface area contributed by atoms with Crippen LogP contribution in [-0.4, -0.2) is 22.9 Å². The van der Waals surface area contributed by atoms with E-state index in [0.29, 0.717) is 6.04 Å². The third-order valence-corrected chi connectivity index (χ3v) is 2.85. The van der Waals surface area contributed by atoms with E-state index in [4.69, 9.17) is 0 Å². The molecule has 0 atom stereocenters. The van der Waals surface area contributed by atoms with Crippen LogP contribution in [0.1, 0.15) is 6.04 Å². The molecule has 1 aromatic heterocycles. The van der Waals surface area contributed by atoms with E-state index in [1.165, 1.54) is 11.3 Å². The summed E-state index contributed by atoms with van der Waals surface area (Å²) in [6, 6.07) is 13.0. The predicted octanol–water partition coefficient (Wildman–Crippen LogP) is 1.69. The molecule has 76 valence electrons. The van der Waals surface area contributed by atoms with Crippen LogP contribution < -0.4 is 5.32 Å². The first-order valence-corrected chi connectivity index (χ1v) is 5.25. The van der Waals surface area contributed by atoms with Gasteiger partial charge in [-0.15, -0.1) is 0 Å². The fraction of sp³-hybridized carbons (Fsp3) is 0.250. The summed E-state index contributed by atoms with van der Waals surface area (Å²) >= 11 is 0. The van der Waals surface area contributed by atoms with E-state index >= 15 is 0 Å². The Labute approximate surface area is 88.7 Å². The Morgan fingerprint density at radius 1 is 1.13 bits per heavy atom. The van der Waals surface area contributed by atoms with Gasteiger partial charge >= 0.3 is 0 Å². The maximum Gasteiger partial charge on any atom is 0.0774 e. The normalized spacial score (nSPS) is 16.3. The van der Waals surface area contributed by atoms with Crippen LogP contribution in [0.15, 0.2) is 42.6 Å². The van der Waals surface area contributed by atoms with Crippen molar-refractivity contribution in [1.29, 1.82) is 0 Å². The molecule has 3 nitrogen and oxygen atoms in total. The van der Waals surface area contributed by atoms with Gasteiger partial charge in [-0.1, -0.05) is 30.3 Å². The Kier molecular flexibility index (Phi) is 2.03. The van der Waals surface area contributed by atoms with Gasteiger partial charge < -0.3 is 5.32 Å². The quantitative estimate of drug-likeness (QED) is 0.797. The predicted molar refractivity (Wildman–Crippen MR) is 59.6 cm³/mol. The molecule has 0 spiro atoms. The van der Waals surface area contributed by atoms with E-state index in [-0.39, 0.29) is 0 Å². The van der Waals surface area contributed by atoms with Crippen molar-refractivity contribution in [3.05, 3.63) is 42.6 Å². The highest BCUT2D eigenvalue weighted by atomic mass is 15.3. The zero-order valence-electron chi connectivity index (χ0n) is 8.43. The Morgan fingerprint density at radius 2 is 1.93 bits per heavy atom. The van der Waals surface area contributed by atoms with Crippen LogP contribution in [0, 0.1) is 0 Å². The molecule has 1 fully saturated rings. The number of rotatable bonds is 2. The number of hydrogen-bond donors (Lipinski definition) is 1. The molecule has 1 saturated heterocycles. The monoisotopic (exact) mass is 199 g/mol. The molecule has 1 aliphatic heterocycles. The van der Waals surface area contributed by atoms with Crippen molar-refractivity contribution in [3.8, 4) is 11.3 Å². The first-order valence-electron chi connectivity index (χ1n) is 5.25. The van der Waals surface area contributed by atoms with Crippen molar-refractivity contribution in [2.75, 3.05) is 13.1 Å². The van der Waals surface area contributed by atoms with Crippen LogP contribution in [0.2, 0.25) is 0 Å². The molecule has 2 heterocycles. The van der Waals surface area contributed by atoms with Crippen molar-refractivity contribution >= 4 is 0 Å². The van der Waals surface area contributed by atoms with Crippen LogP contribution in [0.25, 0.3) is 11.3 Å². The zero-order chi connectivity index (χ0) is 10.1. The van der Waals surface area contributed by atoms with Gasteiger partial charge in [0, 0.05) is 19.3 Å². The molecule has 0 aliphatic carbocycles. The van der Waals surface area contributed by atoms with E-state index in [2.05, 4.69) is 45.4 Å². The summed E-state index contributed by atoms with van der Waals surface area (Å²) in [5.74, 6) is 0. The van der Waals surface area contributed by atoms with Gasteiger partial charge in [0.1, 0.15) is 0 Å². The lowest BCUT2D eigenvalue weighted by Crippen LogP contribution is -2.44. The number of hydrogen-bond acceptors (Lipinski definition) is 2. The van der Waals surface area contributed by atoms with Crippen LogP contribution in [0.3, 0.4) is 0 Å². The zero-order valence-corrected chi connectivity index (χ0v) is 8.43. The van der Waals surface area contributed by atoms with Gasteiger partial charge in [0.15, 0.2) is 0 Å². The van der Waals surface area contributed by atoms with Gasteiger partial charge in [0.25, 0.3) is 0 Å². The first kappa shape index (κ1) is 8.68. The fourth-order valence-electron chi connectivity index (χ4n) is 1.89. The average molecular weight is 199 g/mol. The molecule has 15 heavy (non-hydrogen) atoms. The molecule has 0 unspecified atom stereocenters. The van der Waals surface area contributed by atoms with Crippen LogP contribution >= 0.6 is 0 Å². The van der Waals surface area contributed by atoms with Crippen molar-refractivity contribution in [2.45, 2.75) is 6.04 Å². The topological polar surface area (TPSA) is 29.9 Å². The lowest BCUT2D eigenvalue weighted by Gasteiger charge is -2.28. The highest BCUT2D eigenvalue weighted by Crippen LogP contribution is 2.23. The highest BCUT2D eigenvalue weighted by molar-refractivity contribution is 5.59. The van der Waals surface area contributed by atoms with Crippen molar-refractivity contribution in [1.82, 2.24) is 15.1 Å². The second-order valence-corrected chi connectivity index (χ2v) is 3.84. The van der Waals surface area contributed by atoms with Crippen LogP contribution in [-0.2, 0) is 0 Å². The molecule has 1 N–H and O–H groups in total. The molecule has 1 aromatic carbocycles. The van der Waals surface area contributed by atoms with Gasteiger partial charge in [-0.2, -0.15) is 5.10 Å². The van der Waals surface area contributed by atoms with Gasteiger partial charge in [0.05, 0.1) is 11.7 Å². The Hall–Kier alpha value is -1.61. The standard InChI is InChI=1S/C12H13N3/c1-2-4-10(5-3-1)12-6-7-14-15(12)11-8-13-9-11/h1-7,11,13H,8-9H2. The molecule has 0 saturated carbocycles. The van der Waals surface area contributed by atoms with Gasteiger partial charge in [-0.3, -0.25) is 4.68 Å². The second kappa shape index (κ2) is 3.51. The van der Waals surface area contributed by atoms with Crippen molar-refractivity contribution < 1.29 is 0 Å². The third kappa shape index (κ3) is 1.45. The number of nitrogens with one attached hydrogen (secondary N) is 1. The average Bonchev–Trinajstić information content (AvgIpc) is 2.65. The van der Waals surface area contributed by atoms with E-state index in [9.17, 15) is 0 Å². The number of aromatic nitrogens is 2. The lowest BCUT2D eigenvalue weighted by atomic mass is 10.1. The van der Waals surface area contributed by atoms with Gasteiger partial charge in [-0.25, -0.2) is 0 Å². The molecule has 0 radical (unpaired) electrons. The molecular weight excluding hydrogens is 186 g/mol. The maximum absolute atomic E-state index is 4.39. The molecule has 0 amide bonds. The van der Waals surface area contributed by atoms with E-state index in [0.717, 1.165) is 13.1 Å². The highest BCUT2D eigenvalue weighted by Gasteiger charge is 2.21. The summed E-state index contributed by atoms with van der Waals surface area (Å²) in [6.07, 6.45) is 1.88. The maximum atomic E-state index is 4.39. The number of nitrogens with zero attached hydrogens (tertiary/aromatic N) is 2. The minimum absolute atomic E-state index is 0.523. The summed E-state index contributed by atoms with van der Waals surface area (Å²) in [6.45, 7) is 2.06. The van der Waals surface area contributed by atoms with Crippen LogP contribution in [0.4, 0.5) is 0 Å². The Bertz CT molecular complexity index is 443. The second-order valence-electron chi connectivity index (χ2n) is 3.84. The molecule has 1 aliphatic rings.